The summed E-state index contributed by atoms with van der Waals surface area (Å²) in [6.45, 7) is -0.0941. The van der Waals surface area contributed by atoms with E-state index in [1.807, 2.05) is 84.9 Å². The van der Waals surface area contributed by atoms with E-state index in [2.05, 4.69) is 49.1 Å². The van der Waals surface area contributed by atoms with Gasteiger partial charge in [-0.15, -0.1) is 0 Å². The summed E-state index contributed by atoms with van der Waals surface area (Å²) in [4.78, 5) is 70.8. The topological polar surface area (TPSA) is 265 Å². The molecule has 11 rings (SSSR count). The van der Waals surface area contributed by atoms with Crippen molar-refractivity contribution in [1.29, 1.82) is 0 Å². The van der Waals surface area contributed by atoms with Gasteiger partial charge in [-0.1, -0.05) is 131 Å². The number of hydrogen-bond donors (Lipinski definition) is 1. The molecule has 0 radical (unpaired) electrons. The van der Waals surface area contributed by atoms with E-state index in [9.17, 15) is 37.7 Å². The van der Waals surface area contributed by atoms with E-state index in [4.69, 9.17) is 11.1 Å². The van der Waals surface area contributed by atoms with Crippen LogP contribution in [0.3, 0.4) is 0 Å². The van der Waals surface area contributed by atoms with E-state index < -0.39 is 55.3 Å². The monoisotopic (exact) mass is 1080 g/mol. The lowest BCUT2D eigenvalue weighted by Gasteiger charge is -2.54. The average Bonchev–Trinajstić information content (AvgIpc) is 3.97. The number of imide groups is 2. The van der Waals surface area contributed by atoms with Gasteiger partial charge >= 0.3 is 0 Å². The summed E-state index contributed by atoms with van der Waals surface area (Å²) in [5.41, 5.74) is 23.6. The van der Waals surface area contributed by atoms with Crippen LogP contribution >= 0.6 is 0 Å². The molecular formula is C60H45N11O8S. The van der Waals surface area contributed by atoms with E-state index in [0.29, 0.717) is 22.3 Å². The van der Waals surface area contributed by atoms with Crippen molar-refractivity contribution in [2.24, 2.45) is 10.2 Å². The molecule has 394 valence electrons. The van der Waals surface area contributed by atoms with Crippen LogP contribution < -0.4 is 5.32 Å². The lowest BCUT2D eigenvalue weighted by molar-refractivity contribution is -0.387. The fourth-order valence-electron chi connectivity index (χ4n) is 10.6. The Balaban J connectivity index is 0.000000188. The van der Waals surface area contributed by atoms with Crippen molar-refractivity contribution in [2.45, 2.75) is 40.9 Å². The first-order valence-electron chi connectivity index (χ1n) is 25.2. The fraction of sp³-hybridized carbons (Fsp3) is 0.167. The second-order valence-corrected chi connectivity index (χ2v) is 20.8. The van der Waals surface area contributed by atoms with Crippen molar-refractivity contribution < 1.29 is 32.5 Å². The molecule has 7 aromatic carbocycles. The van der Waals surface area contributed by atoms with Gasteiger partial charge in [-0.2, -0.15) is 4.31 Å². The number of carbonyl (C=O) groups is 4. The second kappa shape index (κ2) is 23.2. The van der Waals surface area contributed by atoms with Gasteiger partial charge in [-0.25, -0.2) is 8.42 Å². The molecule has 6 atom stereocenters. The maximum Gasteiger partial charge on any atom is 0.289 e. The number of para-hydroxylation sites is 1. The number of amides is 4. The molecule has 0 bridgehead atoms. The summed E-state index contributed by atoms with van der Waals surface area (Å²) in [5, 5.41) is 22.6. The van der Waals surface area contributed by atoms with Crippen molar-refractivity contribution in [1.82, 2.24) is 19.4 Å². The predicted molar refractivity (Wildman–Crippen MR) is 295 cm³/mol. The van der Waals surface area contributed by atoms with Crippen LogP contribution in [0.1, 0.15) is 86.6 Å². The van der Waals surface area contributed by atoms with Gasteiger partial charge in [-0.05, 0) is 101 Å². The minimum Gasteiger partial charge on any atom is -0.308 e. The van der Waals surface area contributed by atoms with Crippen LogP contribution in [0.15, 0.2) is 197 Å². The molecule has 19 nitrogen and oxygen atoms in total. The summed E-state index contributed by atoms with van der Waals surface area (Å²) < 4.78 is 29.4. The number of nitro benzene ring substituents is 1. The van der Waals surface area contributed by atoms with E-state index >= 15 is 0 Å². The molecule has 4 amide bonds. The maximum atomic E-state index is 14.2. The molecule has 20 heteroatoms. The van der Waals surface area contributed by atoms with E-state index in [1.165, 1.54) is 29.2 Å². The fourth-order valence-corrected chi connectivity index (χ4v) is 12.6. The molecule has 4 heterocycles. The van der Waals surface area contributed by atoms with Gasteiger partial charge in [0.1, 0.15) is 0 Å². The zero-order valence-electron chi connectivity index (χ0n) is 42.3. The first-order chi connectivity index (χ1) is 38.9. The third-order valence-electron chi connectivity index (χ3n) is 14.4. The van der Waals surface area contributed by atoms with Crippen molar-refractivity contribution in [3.05, 3.63) is 269 Å². The second-order valence-electron chi connectivity index (χ2n) is 19.0. The van der Waals surface area contributed by atoms with E-state index in [-0.39, 0.29) is 67.1 Å². The van der Waals surface area contributed by atoms with Crippen LogP contribution in [0.2, 0.25) is 0 Å². The smallest absolute Gasteiger partial charge is 0.289 e. The zero-order chi connectivity index (χ0) is 55.9. The summed E-state index contributed by atoms with van der Waals surface area (Å²) in [6, 6.07) is 50.2. The van der Waals surface area contributed by atoms with Gasteiger partial charge in [0.15, 0.2) is 4.90 Å². The highest BCUT2D eigenvalue weighted by atomic mass is 32.2. The molecule has 0 aromatic heterocycles. The zero-order valence-corrected chi connectivity index (χ0v) is 43.1. The number of azide groups is 2. The van der Waals surface area contributed by atoms with Crippen LogP contribution in [0, 0.1) is 33.8 Å². The van der Waals surface area contributed by atoms with Crippen LogP contribution in [-0.2, 0) is 10.0 Å². The van der Waals surface area contributed by atoms with Gasteiger partial charge in [-0.3, -0.25) is 39.1 Å². The third kappa shape index (κ3) is 10.6. The SMILES string of the molecule is [N-]=[N+]=NC[C@@H]1N[C@H](CN2C(=O)c3ccccc3C2=O)[C@@H]1c1ccc(C#Cc2ccccc2)cc1.[N-]=[N+]=NC[C@H]1[C@@H](c2ccc(C#Cc3ccccc3)cc2)[C@@H](CN2C(=O)c3ccccc3C2=O)N1S(=O)(=O)c1ccccc1[N+](=O)[O-]. The Labute approximate surface area is 458 Å². The van der Waals surface area contributed by atoms with Crippen LogP contribution in [0.25, 0.3) is 20.9 Å². The summed E-state index contributed by atoms with van der Waals surface area (Å²) in [6.07, 6.45) is 0. The van der Waals surface area contributed by atoms with Crippen molar-refractivity contribution in [3.8, 4) is 23.7 Å². The van der Waals surface area contributed by atoms with Gasteiger partial charge in [0, 0.05) is 94.3 Å². The third-order valence-corrected chi connectivity index (χ3v) is 16.4. The van der Waals surface area contributed by atoms with E-state index in [1.54, 1.807) is 60.7 Å². The molecule has 0 spiro atoms. The Bertz CT molecular complexity index is 3870. The first-order valence-corrected chi connectivity index (χ1v) is 26.6. The number of carbonyl (C=O) groups excluding carboxylic acids is 4. The number of sulfonamides is 1. The molecule has 80 heavy (non-hydrogen) atoms. The molecule has 2 fully saturated rings. The van der Waals surface area contributed by atoms with Crippen molar-refractivity contribution in [2.75, 3.05) is 26.2 Å². The summed E-state index contributed by atoms with van der Waals surface area (Å²) >= 11 is 0. The summed E-state index contributed by atoms with van der Waals surface area (Å²) in [5.74, 6) is 10.1. The quantitative estimate of drug-likeness (QED) is 0.0219. The molecule has 7 aromatic rings. The van der Waals surface area contributed by atoms with Crippen LogP contribution in [0.4, 0.5) is 5.69 Å². The highest BCUT2D eigenvalue weighted by molar-refractivity contribution is 7.89. The molecule has 1 N–H and O–H groups in total. The highest BCUT2D eigenvalue weighted by Crippen LogP contribution is 2.47. The predicted octanol–water partition coefficient (Wildman–Crippen LogP) is 9.24. The van der Waals surface area contributed by atoms with E-state index in [0.717, 1.165) is 43.6 Å². The van der Waals surface area contributed by atoms with Crippen molar-refractivity contribution in [3.63, 3.8) is 0 Å². The molecular weight excluding hydrogens is 1030 g/mol. The molecule has 4 aliphatic rings. The largest absolute Gasteiger partial charge is 0.308 e. The van der Waals surface area contributed by atoms with Crippen molar-refractivity contribution >= 4 is 39.3 Å². The maximum absolute atomic E-state index is 14.2. The van der Waals surface area contributed by atoms with Gasteiger partial charge < -0.3 is 5.32 Å². The Morgan fingerprint density at radius 1 is 0.500 bits per heavy atom. The number of fused-ring (bicyclic) bond motifs is 2. The molecule has 0 saturated carbocycles. The molecule has 0 unspecified atom stereocenters. The minimum absolute atomic E-state index is 0.00838. The number of hydrogen-bond acceptors (Lipinski definition) is 11. The first kappa shape index (κ1) is 53.2. The van der Waals surface area contributed by atoms with Crippen LogP contribution in [0.5, 0.6) is 0 Å². The average molecular weight is 1080 g/mol. The Morgan fingerprint density at radius 3 is 1.36 bits per heavy atom. The normalized spacial score (nSPS) is 19.6. The molecule has 2 saturated heterocycles. The van der Waals surface area contributed by atoms with Crippen LogP contribution in [-0.4, -0.2) is 101 Å². The minimum atomic E-state index is -4.60. The number of nitro groups is 1. The Morgan fingerprint density at radius 2 is 0.900 bits per heavy atom. The standard InChI is InChI=1S/C33H24N6O6S.C27H21N5O2/c34-36-35-20-28-31(24-18-16-23(17-19-24)15-14-22-8-2-1-3-9-22)29(21-37-32(40)25-10-4-5-11-26(25)33(37)41)38(28)46(44,45)30-13-7-6-12-27(30)39(42)43;28-31-29-16-23-25(20-14-12-19(13-15-20)11-10-18-6-2-1-3-7-18)24(30-23)17-32-26(33)21-8-4-5-9-22(21)27(32)34/h1-13,16-19,28-29,31H,20-21H2;1-9,12-15,23-25,30H,16-17H2/t28-,29+,31+;23-,24+,25+/m00/s1. The Kier molecular flexibility index (Phi) is 15.4. The highest BCUT2D eigenvalue weighted by Gasteiger charge is 2.57. The lowest BCUT2D eigenvalue weighted by Crippen LogP contribution is -2.68. The number of rotatable bonds is 13. The molecule has 0 aliphatic carbocycles. The number of benzene rings is 7. The van der Waals surface area contributed by atoms with Gasteiger partial charge in [0.2, 0.25) is 0 Å². The molecule has 4 aliphatic heterocycles. The Hall–Kier alpha value is -10.2. The lowest BCUT2D eigenvalue weighted by atomic mass is 9.76. The number of nitrogens with one attached hydrogen (secondary N) is 1. The number of nitrogens with zero attached hydrogens (tertiary/aromatic N) is 10. The van der Waals surface area contributed by atoms with Gasteiger partial charge in [0.05, 0.1) is 33.2 Å². The van der Waals surface area contributed by atoms with Gasteiger partial charge in [0.25, 0.3) is 39.3 Å². The summed E-state index contributed by atoms with van der Waals surface area (Å²) in [7, 11) is -4.60.